The number of hydrogen-bond acceptors (Lipinski definition) is 4. The summed E-state index contributed by atoms with van der Waals surface area (Å²) in [6, 6.07) is 10.8. The fourth-order valence-corrected chi connectivity index (χ4v) is 3.54. The van der Waals surface area contributed by atoms with Gasteiger partial charge in [-0.05, 0) is 43.3 Å². The van der Waals surface area contributed by atoms with Gasteiger partial charge in [0, 0.05) is 9.75 Å². The van der Waals surface area contributed by atoms with Gasteiger partial charge in [-0.1, -0.05) is 13.0 Å². The maximum atomic E-state index is 5.67. The molecule has 4 heteroatoms. The zero-order chi connectivity index (χ0) is 13.9. The van der Waals surface area contributed by atoms with E-state index in [1.54, 1.807) is 0 Å². The highest BCUT2D eigenvalue weighted by molar-refractivity contribution is 7.12. The summed E-state index contributed by atoms with van der Waals surface area (Å²) < 4.78 is 11.2. The zero-order valence-corrected chi connectivity index (χ0v) is 12.6. The lowest BCUT2D eigenvalue weighted by molar-refractivity contribution is 0.171. The molecule has 1 aliphatic rings. The molecule has 1 aromatic heterocycles. The molecule has 0 saturated heterocycles. The minimum absolute atomic E-state index is 0.205. The molecule has 2 heterocycles. The monoisotopic (exact) mass is 289 g/mol. The average Bonchev–Trinajstić information content (AvgIpc) is 2.97. The maximum absolute atomic E-state index is 5.67. The summed E-state index contributed by atoms with van der Waals surface area (Å²) in [5.41, 5.74) is 1.21. The van der Waals surface area contributed by atoms with Crippen LogP contribution in [-0.2, 0) is 6.42 Å². The van der Waals surface area contributed by atoms with E-state index in [0.717, 1.165) is 17.9 Å². The van der Waals surface area contributed by atoms with E-state index in [1.165, 1.54) is 15.3 Å². The SMILES string of the molecule is CCc1ccc(C(NC)c2ccc3c(c2)OCCO3)s1. The molecule has 0 saturated carbocycles. The third kappa shape index (κ3) is 2.53. The van der Waals surface area contributed by atoms with E-state index in [-0.39, 0.29) is 6.04 Å². The number of ether oxygens (including phenoxy) is 2. The largest absolute Gasteiger partial charge is 0.486 e. The van der Waals surface area contributed by atoms with Crippen molar-refractivity contribution in [2.75, 3.05) is 20.3 Å². The minimum atomic E-state index is 0.205. The van der Waals surface area contributed by atoms with Crippen LogP contribution in [0.4, 0.5) is 0 Å². The van der Waals surface area contributed by atoms with E-state index in [2.05, 4.69) is 36.5 Å². The topological polar surface area (TPSA) is 30.5 Å². The second kappa shape index (κ2) is 5.85. The number of aryl methyl sites for hydroxylation is 1. The number of rotatable bonds is 4. The van der Waals surface area contributed by atoms with Crippen LogP contribution < -0.4 is 14.8 Å². The second-order valence-corrected chi connectivity index (χ2v) is 5.98. The molecule has 0 aliphatic carbocycles. The van der Waals surface area contributed by atoms with Crippen molar-refractivity contribution in [2.24, 2.45) is 0 Å². The molecule has 0 radical (unpaired) electrons. The van der Waals surface area contributed by atoms with Crippen LogP contribution in [0.25, 0.3) is 0 Å². The third-order valence-electron chi connectivity index (χ3n) is 3.50. The van der Waals surface area contributed by atoms with Crippen molar-refractivity contribution in [3.8, 4) is 11.5 Å². The van der Waals surface area contributed by atoms with E-state index in [9.17, 15) is 0 Å². The van der Waals surface area contributed by atoms with Gasteiger partial charge in [0.15, 0.2) is 11.5 Å². The van der Waals surface area contributed by atoms with Crippen LogP contribution in [-0.4, -0.2) is 20.3 Å². The van der Waals surface area contributed by atoms with Crippen LogP contribution >= 0.6 is 11.3 Å². The third-order valence-corrected chi connectivity index (χ3v) is 4.80. The molecule has 20 heavy (non-hydrogen) atoms. The Morgan fingerprint density at radius 2 is 1.95 bits per heavy atom. The Hall–Kier alpha value is -1.52. The Morgan fingerprint density at radius 1 is 1.15 bits per heavy atom. The predicted octanol–water partition coefficient (Wildman–Crippen LogP) is 3.39. The summed E-state index contributed by atoms with van der Waals surface area (Å²) in [5, 5.41) is 3.39. The van der Waals surface area contributed by atoms with Gasteiger partial charge < -0.3 is 14.8 Å². The number of fused-ring (bicyclic) bond motifs is 1. The molecule has 0 bridgehead atoms. The molecule has 2 aromatic rings. The molecule has 1 atom stereocenters. The van der Waals surface area contributed by atoms with Crippen molar-refractivity contribution in [3.05, 3.63) is 45.6 Å². The van der Waals surface area contributed by atoms with Gasteiger partial charge in [0.05, 0.1) is 6.04 Å². The number of thiophene rings is 1. The fraction of sp³-hybridized carbons (Fsp3) is 0.375. The van der Waals surface area contributed by atoms with Crippen LogP contribution in [0.1, 0.15) is 28.3 Å². The Balaban J connectivity index is 1.92. The van der Waals surface area contributed by atoms with Gasteiger partial charge in [-0.2, -0.15) is 0 Å². The highest BCUT2D eigenvalue weighted by Gasteiger charge is 2.18. The summed E-state index contributed by atoms with van der Waals surface area (Å²) in [5.74, 6) is 1.69. The summed E-state index contributed by atoms with van der Waals surface area (Å²) >= 11 is 1.86. The first-order valence-electron chi connectivity index (χ1n) is 6.97. The van der Waals surface area contributed by atoms with Crippen molar-refractivity contribution < 1.29 is 9.47 Å². The molecule has 0 amide bonds. The van der Waals surface area contributed by atoms with E-state index in [1.807, 2.05) is 24.5 Å². The van der Waals surface area contributed by atoms with E-state index in [4.69, 9.17) is 9.47 Å². The zero-order valence-electron chi connectivity index (χ0n) is 11.8. The summed E-state index contributed by atoms with van der Waals surface area (Å²) in [4.78, 5) is 2.75. The van der Waals surface area contributed by atoms with Crippen molar-refractivity contribution >= 4 is 11.3 Å². The average molecular weight is 289 g/mol. The smallest absolute Gasteiger partial charge is 0.161 e. The summed E-state index contributed by atoms with van der Waals surface area (Å²) in [6.45, 7) is 3.44. The maximum Gasteiger partial charge on any atom is 0.161 e. The summed E-state index contributed by atoms with van der Waals surface area (Å²) in [7, 11) is 1.99. The Labute approximate surface area is 123 Å². The molecular formula is C16H19NO2S. The molecule has 3 rings (SSSR count). The molecule has 3 nitrogen and oxygen atoms in total. The molecule has 1 aromatic carbocycles. The molecule has 1 unspecified atom stereocenters. The van der Waals surface area contributed by atoms with Crippen molar-refractivity contribution in [1.29, 1.82) is 0 Å². The lowest BCUT2D eigenvalue weighted by Gasteiger charge is -2.21. The van der Waals surface area contributed by atoms with E-state index >= 15 is 0 Å². The normalized spacial score (nSPS) is 15.1. The van der Waals surface area contributed by atoms with Crippen molar-refractivity contribution in [1.82, 2.24) is 5.32 Å². The van der Waals surface area contributed by atoms with Gasteiger partial charge >= 0.3 is 0 Å². The van der Waals surface area contributed by atoms with Gasteiger partial charge in [-0.3, -0.25) is 0 Å². The lowest BCUT2D eigenvalue weighted by atomic mass is 10.0. The molecular weight excluding hydrogens is 270 g/mol. The lowest BCUT2D eigenvalue weighted by Crippen LogP contribution is -2.18. The van der Waals surface area contributed by atoms with Gasteiger partial charge in [-0.25, -0.2) is 0 Å². The Morgan fingerprint density at radius 3 is 2.65 bits per heavy atom. The second-order valence-electron chi connectivity index (χ2n) is 4.78. The molecule has 0 fully saturated rings. The predicted molar refractivity (Wildman–Crippen MR) is 82.0 cm³/mol. The summed E-state index contributed by atoms with van der Waals surface area (Å²) in [6.07, 6.45) is 1.09. The van der Waals surface area contributed by atoms with Gasteiger partial charge in [-0.15, -0.1) is 11.3 Å². The van der Waals surface area contributed by atoms with Gasteiger partial charge in [0.25, 0.3) is 0 Å². The molecule has 1 aliphatic heterocycles. The van der Waals surface area contributed by atoms with Gasteiger partial charge in [0.2, 0.25) is 0 Å². The number of benzene rings is 1. The first-order valence-corrected chi connectivity index (χ1v) is 7.79. The standard InChI is InChI=1S/C16H19NO2S/c1-3-12-5-7-15(20-12)16(17-2)11-4-6-13-14(10-11)19-9-8-18-13/h4-7,10,16-17H,3,8-9H2,1-2H3. The highest BCUT2D eigenvalue weighted by atomic mass is 32.1. The number of hydrogen-bond donors (Lipinski definition) is 1. The molecule has 0 spiro atoms. The van der Waals surface area contributed by atoms with Crippen molar-refractivity contribution in [3.63, 3.8) is 0 Å². The van der Waals surface area contributed by atoms with Crippen LogP contribution in [0, 0.1) is 0 Å². The van der Waals surface area contributed by atoms with Crippen LogP contribution in [0.3, 0.4) is 0 Å². The fourth-order valence-electron chi connectivity index (χ4n) is 2.45. The Bertz CT molecular complexity index is 594. The number of nitrogens with one attached hydrogen (secondary N) is 1. The first-order chi connectivity index (χ1) is 9.81. The van der Waals surface area contributed by atoms with Crippen molar-refractivity contribution in [2.45, 2.75) is 19.4 Å². The molecule has 1 N–H and O–H groups in total. The van der Waals surface area contributed by atoms with Crippen LogP contribution in [0.5, 0.6) is 11.5 Å². The quantitative estimate of drug-likeness (QED) is 0.936. The molecule has 106 valence electrons. The minimum Gasteiger partial charge on any atom is -0.486 e. The van der Waals surface area contributed by atoms with E-state index < -0.39 is 0 Å². The highest BCUT2D eigenvalue weighted by Crippen LogP contribution is 2.35. The van der Waals surface area contributed by atoms with Crippen LogP contribution in [0.15, 0.2) is 30.3 Å². The first kappa shape index (κ1) is 13.5. The Kier molecular flexibility index (Phi) is 3.94. The van der Waals surface area contributed by atoms with E-state index in [0.29, 0.717) is 13.2 Å². The van der Waals surface area contributed by atoms with Crippen LogP contribution in [0.2, 0.25) is 0 Å². The van der Waals surface area contributed by atoms with Gasteiger partial charge in [0.1, 0.15) is 13.2 Å².